The molecular weight excluding hydrogens is 192 g/mol. The lowest BCUT2D eigenvalue weighted by atomic mass is 10.5. The number of nitrogens with two attached hydrogens (primary N) is 1. The second-order valence-electron chi connectivity index (χ2n) is 2.16. The van der Waals surface area contributed by atoms with Gasteiger partial charge in [-0.25, -0.2) is 4.98 Å². The highest BCUT2D eigenvalue weighted by Crippen LogP contribution is 1.77. The summed E-state index contributed by atoms with van der Waals surface area (Å²) in [5.41, 5.74) is 6.54. The van der Waals surface area contributed by atoms with Gasteiger partial charge in [0.15, 0.2) is 0 Å². The Balaban J connectivity index is 3.46. The zero-order chi connectivity index (χ0) is 9.84. The molecule has 0 fully saturated rings. The summed E-state index contributed by atoms with van der Waals surface area (Å²) in [5, 5.41) is 14.8. The molecule has 0 spiro atoms. The average molecular weight is 199 g/mol. The maximum Gasteiger partial charge on any atom is 0.288 e. The van der Waals surface area contributed by atoms with Crippen molar-refractivity contribution < 1.29 is 4.85 Å². The number of nitrogens with zero attached hydrogens (tertiary/aromatic N) is 3. The summed E-state index contributed by atoms with van der Waals surface area (Å²) in [7, 11) is 0. The summed E-state index contributed by atoms with van der Waals surface area (Å²) >= 11 is 5.29. The summed E-state index contributed by atoms with van der Waals surface area (Å²) < 4.78 is 0. The van der Waals surface area contributed by atoms with Crippen LogP contribution in [-0.4, -0.2) is 10.1 Å². The number of aromatic nitrogens is 3. The van der Waals surface area contributed by atoms with Crippen molar-refractivity contribution in [1.29, 1.82) is 0 Å². The Kier molecular flexibility index (Phi) is 2.81. The van der Waals surface area contributed by atoms with E-state index in [1.807, 2.05) is 0 Å². The average Bonchev–Trinajstić information content (AvgIpc) is 2.09. The van der Waals surface area contributed by atoms with E-state index in [1.165, 1.54) is 17.7 Å². The summed E-state index contributed by atoms with van der Waals surface area (Å²) in [4.78, 5) is 4.10. The van der Waals surface area contributed by atoms with E-state index in [-0.39, 0.29) is 11.3 Å². The molecule has 2 N–H and O–H groups in total. The minimum Gasteiger partial charge on any atom is -0.594 e. The Bertz CT molecular complexity index is 443. The van der Waals surface area contributed by atoms with Crippen LogP contribution in [0.1, 0.15) is 0 Å². The van der Waals surface area contributed by atoms with Crippen LogP contribution in [-0.2, 0) is 0 Å². The van der Waals surface area contributed by atoms with Crippen LogP contribution < -0.4 is 21.3 Å². The predicted molar refractivity (Wildman–Crippen MR) is 49.6 cm³/mol. The molecule has 0 aliphatic carbocycles. The molecule has 0 unspecified atom stereocenters. The van der Waals surface area contributed by atoms with Gasteiger partial charge in [-0.3, -0.25) is 0 Å². The van der Waals surface area contributed by atoms with Crippen molar-refractivity contribution in [3.63, 3.8) is 0 Å². The molecule has 0 aliphatic rings. The van der Waals surface area contributed by atoms with Gasteiger partial charge >= 0.3 is 0 Å². The van der Waals surface area contributed by atoms with E-state index < -0.39 is 0 Å². The SMILES string of the molecule is C=c1c(=CC=CCl)nc(N)n[n+]1[O-]. The number of nitrogen functional groups attached to an aromatic ring is 1. The van der Waals surface area contributed by atoms with Crippen LogP contribution in [0.25, 0.3) is 12.7 Å². The molecule has 1 rings (SSSR count). The third-order valence-electron chi connectivity index (χ3n) is 1.28. The maximum atomic E-state index is 11.0. The van der Waals surface area contributed by atoms with E-state index >= 15 is 0 Å². The maximum absolute atomic E-state index is 11.0. The molecule has 0 aromatic carbocycles. The van der Waals surface area contributed by atoms with Gasteiger partial charge in [-0.05, 0) is 23.6 Å². The zero-order valence-corrected chi connectivity index (χ0v) is 7.40. The zero-order valence-electron chi connectivity index (χ0n) is 6.64. The van der Waals surface area contributed by atoms with Crippen molar-refractivity contribution in [2.75, 3.05) is 5.73 Å². The van der Waals surface area contributed by atoms with Gasteiger partial charge < -0.3 is 10.9 Å². The molecule has 0 saturated heterocycles. The normalized spacial score (nSPS) is 12.5. The lowest BCUT2D eigenvalue weighted by Gasteiger charge is -1.93. The highest BCUT2D eigenvalue weighted by Gasteiger charge is 1.99. The van der Waals surface area contributed by atoms with Crippen LogP contribution in [0.4, 0.5) is 5.95 Å². The van der Waals surface area contributed by atoms with Crippen molar-refractivity contribution in [1.82, 2.24) is 10.1 Å². The number of allylic oxidation sites excluding steroid dienone is 1. The molecule has 0 radical (unpaired) electrons. The predicted octanol–water partition coefficient (Wildman–Crippen LogP) is -1.36. The van der Waals surface area contributed by atoms with Crippen LogP contribution >= 0.6 is 11.6 Å². The first-order valence-electron chi connectivity index (χ1n) is 3.34. The topological polar surface area (TPSA) is 78.7 Å². The van der Waals surface area contributed by atoms with Gasteiger partial charge in [-0.15, -0.1) is 0 Å². The molecule has 13 heavy (non-hydrogen) atoms. The first-order chi connectivity index (χ1) is 6.15. The van der Waals surface area contributed by atoms with Gasteiger partial charge in [0.1, 0.15) is 5.35 Å². The fraction of sp³-hybridized carbons (Fsp3) is 0. The highest BCUT2D eigenvalue weighted by molar-refractivity contribution is 6.25. The molecule has 0 aliphatic heterocycles. The summed E-state index contributed by atoms with van der Waals surface area (Å²) in [6.07, 6.45) is 3.03. The Labute approximate surface area is 79.1 Å². The Morgan fingerprint density at radius 1 is 1.62 bits per heavy atom. The second-order valence-corrected chi connectivity index (χ2v) is 2.41. The molecule has 1 aromatic rings. The molecule has 0 atom stereocenters. The number of rotatable bonds is 1. The van der Waals surface area contributed by atoms with E-state index in [2.05, 4.69) is 16.7 Å². The first-order valence-corrected chi connectivity index (χ1v) is 3.78. The second kappa shape index (κ2) is 3.86. The van der Waals surface area contributed by atoms with Gasteiger partial charge in [-0.1, -0.05) is 11.6 Å². The highest BCUT2D eigenvalue weighted by atomic mass is 35.5. The molecule has 0 saturated carbocycles. The number of halogens is 1. The summed E-state index contributed by atoms with van der Waals surface area (Å²) in [6, 6.07) is 0. The van der Waals surface area contributed by atoms with E-state index in [0.717, 1.165) is 0 Å². The quantitative estimate of drug-likeness (QED) is 0.446. The minimum atomic E-state index is -0.100. The van der Waals surface area contributed by atoms with E-state index in [0.29, 0.717) is 10.2 Å². The minimum absolute atomic E-state index is 0.100. The number of anilines is 1. The van der Waals surface area contributed by atoms with Gasteiger partial charge in [0.05, 0.1) is 5.10 Å². The van der Waals surface area contributed by atoms with Gasteiger partial charge in [0.25, 0.3) is 11.3 Å². The van der Waals surface area contributed by atoms with Crippen LogP contribution in [0.15, 0.2) is 11.6 Å². The van der Waals surface area contributed by atoms with Crippen molar-refractivity contribution in [2.24, 2.45) is 0 Å². The van der Waals surface area contributed by atoms with Crippen LogP contribution in [0.5, 0.6) is 0 Å². The number of hydrogen-bond acceptors (Lipinski definition) is 4. The third kappa shape index (κ3) is 2.16. The molecule has 5 nitrogen and oxygen atoms in total. The van der Waals surface area contributed by atoms with Crippen molar-refractivity contribution in [2.45, 2.75) is 0 Å². The standard InChI is InChI=1S/C7H7ClN4O/c1-5-6(3-2-4-8)10-7(9)11-12(5)13/h2-4H,1H2,(H2,9,10). The van der Waals surface area contributed by atoms with Crippen LogP contribution in [0, 0.1) is 5.21 Å². The molecule has 1 heterocycles. The summed E-state index contributed by atoms with van der Waals surface area (Å²) in [5.74, 6) is -0.100. The van der Waals surface area contributed by atoms with Crippen molar-refractivity contribution >= 4 is 30.2 Å². The fourth-order valence-corrected chi connectivity index (χ4v) is 0.795. The summed E-state index contributed by atoms with van der Waals surface area (Å²) in [6.45, 7) is 3.48. The molecule has 1 aromatic heterocycles. The monoisotopic (exact) mass is 198 g/mol. The lowest BCUT2D eigenvalue weighted by Crippen LogP contribution is -2.57. The Hall–Kier alpha value is -1.62. The van der Waals surface area contributed by atoms with E-state index in [9.17, 15) is 5.21 Å². The van der Waals surface area contributed by atoms with Gasteiger partial charge in [-0.2, -0.15) is 0 Å². The fourth-order valence-electron chi connectivity index (χ4n) is 0.723. The largest absolute Gasteiger partial charge is 0.594 e. The first kappa shape index (κ1) is 9.47. The molecule has 0 bridgehead atoms. The molecular formula is C7H7ClN4O. The van der Waals surface area contributed by atoms with Crippen molar-refractivity contribution in [3.8, 4) is 0 Å². The number of hydrogen-bond donors (Lipinski definition) is 1. The van der Waals surface area contributed by atoms with Gasteiger partial charge in [0.2, 0.25) is 0 Å². The Morgan fingerprint density at radius 2 is 2.31 bits per heavy atom. The van der Waals surface area contributed by atoms with Crippen LogP contribution in [0.2, 0.25) is 0 Å². The molecule has 68 valence electrons. The van der Waals surface area contributed by atoms with Crippen molar-refractivity contribution in [3.05, 3.63) is 27.5 Å². The Morgan fingerprint density at radius 3 is 2.92 bits per heavy atom. The molecule has 6 heteroatoms. The smallest absolute Gasteiger partial charge is 0.288 e. The third-order valence-corrected chi connectivity index (χ3v) is 1.43. The van der Waals surface area contributed by atoms with E-state index in [1.54, 1.807) is 0 Å². The molecule has 0 amide bonds. The van der Waals surface area contributed by atoms with E-state index in [4.69, 9.17) is 17.3 Å². The van der Waals surface area contributed by atoms with Crippen LogP contribution in [0.3, 0.4) is 0 Å². The van der Waals surface area contributed by atoms with Gasteiger partial charge in [0, 0.05) is 5.54 Å². The lowest BCUT2D eigenvalue weighted by molar-refractivity contribution is -0.682.